The molecule has 0 aliphatic rings. The number of methoxy groups -OCH3 is 1. The minimum absolute atomic E-state index is 0.0478. The van der Waals surface area contributed by atoms with Crippen LogP contribution in [-0.4, -0.2) is 13.0 Å². The van der Waals surface area contributed by atoms with E-state index in [0.29, 0.717) is 6.42 Å². The summed E-state index contributed by atoms with van der Waals surface area (Å²) in [6.07, 6.45) is 0.303. The summed E-state index contributed by atoms with van der Waals surface area (Å²) in [5.41, 5.74) is 2.86. The fraction of sp³-hybridized carbons (Fsp3) is 0.188. The van der Waals surface area contributed by atoms with E-state index in [1.54, 1.807) is 7.11 Å². The first kappa shape index (κ1) is 13.1. The minimum Gasteiger partial charge on any atom is -0.496 e. The molecule has 0 spiro atoms. The molecule has 3 heteroatoms. The zero-order chi connectivity index (χ0) is 13.7. The Morgan fingerprint density at radius 3 is 2.47 bits per heavy atom. The molecule has 0 atom stereocenters. The molecule has 0 radical (unpaired) electrons. The maximum atomic E-state index is 12.0. The van der Waals surface area contributed by atoms with Gasteiger partial charge in [-0.1, -0.05) is 35.9 Å². The van der Waals surface area contributed by atoms with Crippen LogP contribution in [0.25, 0.3) is 0 Å². The van der Waals surface area contributed by atoms with E-state index in [0.717, 1.165) is 17.0 Å². The summed E-state index contributed by atoms with van der Waals surface area (Å²) in [5, 5.41) is 2.87. The summed E-state index contributed by atoms with van der Waals surface area (Å²) in [4.78, 5) is 12.0. The lowest BCUT2D eigenvalue weighted by Crippen LogP contribution is -2.14. The van der Waals surface area contributed by atoms with E-state index < -0.39 is 0 Å². The molecule has 0 saturated heterocycles. The van der Waals surface area contributed by atoms with Gasteiger partial charge in [-0.25, -0.2) is 0 Å². The van der Waals surface area contributed by atoms with Crippen molar-refractivity contribution in [2.45, 2.75) is 13.3 Å². The van der Waals surface area contributed by atoms with E-state index in [9.17, 15) is 4.79 Å². The Morgan fingerprint density at radius 2 is 1.79 bits per heavy atom. The van der Waals surface area contributed by atoms with Gasteiger partial charge in [0, 0.05) is 11.3 Å². The lowest BCUT2D eigenvalue weighted by Gasteiger charge is -2.09. The molecule has 0 fully saturated rings. The van der Waals surface area contributed by atoms with Crippen LogP contribution in [0.1, 0.15) is 11.1 Å². The van der Waals surface area contributed by atoms with E-state index in [-0.39, 0.29) is 5.91 Å². The van der Waals surface area contributed by atoms with Crippen molar-refractivity contribution in [1.82, 2.24) is 0 Å². The number of ether oxygens (including phenoxy) is 1. The van der Waals surface area contributed by atoms with Gasteiger partial charge >= 0.3 is 0 Å². The molecule has 2 rings (SSSR count). The Balaban J connectivity index is 2.03. The number of anilines is 1. The van der Waals surface area contributed by atoms with Crippen molar-refractivity contribution < 1.29 is 9.53 Å². The number of carbonyl (C=O) groups is 1. The Bertz CT molecular complexity index is 561. The first-order chi connectivity index (χ1) is 9.19. The van der Waals surface area contributed by atoms with Crippen LogP contribution in [0.4, 0.5) is 5.69 Å². The SMILES string of the molecule is COc1ccccc1CC(=O)Nc1ccc(C)cc1. The third-order valence-electron chi connectivity index (χ3n) is 2.88. The predicted octanol–water partition coefficient (Wildman–Crippen LogP) is 3.18. The largest absolute Gasteiger partial charge is 0.496 e. The molecule has 0 unspecified atom stereocenters. The van der Waals surface area contributed by atoms with Crippen molar-refractivity contribution in [3.8, 4) is 5.75 Å². The maximum absolute atomic E-state index is 12.0. The average molecular weight is 255 g/mol. The second-order valence-electron chi connectivity index (χ2n) is 4.40. The van der Waals surface area contributed by atoms with E-state index in [1.807, 2.05) is 55.5 Å². The van der Waals surface area contributed by atoms with Gasteiger partial charge in [-0.2, -0.15) is 0 Å². The molecule has 0 aromatic heterocycles. The molecule has 98 valence electrons. The van der Waals surface area contributed by atoms with Gasteiger partial charge in [0.15, 0.2) is 0 Å². The molecule has 1 amide bonds. The molecule has 0 aliphatic carbocycles. The highest BCUT2D eigenvalue weighted by Gasteiger charge is 2.08. The Labute approximate surface area is 113 Å². The normalized spacial score (nSPS) is 10.0. The van der Waals surface area contributed by atoms with Gasteiger partial charge in [0.05, 0.1) is 13.5 Å². The lowest BCUT2D eigenvalue weighted by molar-refractivity contribution is -0.115. The second kappa shape index (κ2) is 6.05. The zero-order valence-corrected chi connectivity index (χ0v) is 11.1. The fourth-order valence-electron chi connectivity index (χ4n) is 1.86. The number of carbonyl (C=O) groups excluding carboxylic acids is 1. The van der Waals surface area contributed by atoms with Crippen LogP contribution in [0.15, 0.2) is 48.5 Å². The maximum Gasteiger partial charge on any atom is 0.228 e. The quantitative estimate of drug-likeness (QED) is 0.911. The molecule has 3 nitrogen and oxygen atoms in total. The topological polar surface area (TPSA) is 38.3 Å². The minimum atomic E-state index is -0.0478. The monoisotopic (exact) mass is 255 g/mol. The lowest BCUT2D eigenvalue weighted by atomic mass is 10.1. The van der Waals surface area contributed by atoms with Gasteiger partial charge in [-0.15, -0.1) is 0 Å². The molecular weight excluding hydrogens is 238 g/mol. The standard InChI is InChI=1S/C16H17NO2/c1-12-7-9-14(10-8-12)17-16(18)11-13-5-3-4-6-15(13)19-2/h3-10H,11H2,1-2H3,(H,17,18). The van der Waals surface area contributed by atoms with Gasteiger partial charge < -0.3 is 10.1 Å². The summed E-state index contributed by atoms with van der Waals surface area (Å²) in [7, 11) is 1.61. The Hall–Kier alpha value is -2.29. The number of hydrogen-bond acceptors (Lipinski definition) is 2. The fourth-order valence-corrected chi connectivity index (χ4v) is 1.86. The van der Waals surface area contributed by atoms with Crippen LogP contribution in [0.3, 0.4) is 0 Å². The van der Waals surface area contributed by atoms with Gasteiger partial charge in [0.2, 0.25) is 5.91 Å². The summed E-state index contributed by atoms with van der Waals surface area (Å²) >= 11 is 0. The highest BCUT2D eigenvalue weighted by atomic mass is 16.5. The molecule has 0 heterocycles. The Morgan fingerprint density at radius 1 is 1.11 bits per heavy atom. The van der Waals surface area contributed by atoms with Crippen LogP contribution in [0, 0.1) is 6.92 Å². The number of para-hydroxylation sites is 1. The summed E-state index contributed by atoms with van der Waals surface area (Å²) < 4.78 is 5.23. The van der Waals surface area contributed by atoms with E-state index in [2.05, 4.69) is 5.32 Å². The van der Waals surface area contributed by atoms with Crippen LogP contribution < -0.4 is 10.1 Å². The van der Waals surface area contributed by atoms with Crippen LogP contribution in [0.2, 0.25) is 0 Å². The predicted molar refractivity (Wildman–Crippen MR) is 76.5 cm³/mol. The van der Waals surface area contributed by atoms with E-state index in [4.69, 9.17) is 4.74 Å². The first-order valence-corrected chi connectivity index (χ1v) is 6.17. The highest BCUT2D eigenvalue weighted by Crippen LogP contribution is 2.18. The molecule has 2 aromatic rings. The van der Waals surface area contributed by atoms with Gasteiger partial charge in [0.1, 0.15) is 5.75 Å². The van der Waals surface area contributed by atoms with Crippen molar-refractivity contribution >= 4 is 11.6 Å². The third kappa shape index (κ3) is 3.58. The molecule has 1 N–H and O–H groups in total. The molecule has 0 saturated carbocycles. The van der Waals surface area contributed by atoms with Crippen LogP contribution >= 0.6 is 0 Å². The van der Waals surface area contributed by atoms with Crippen LogP contribution in [0.5, 0.6) is 5.75 Å². The van der Waals surface area contributed by atoms with Crippen LogP contribution in [-0.2, 0) is 11.2 Å². The smallest absolute Gasteiger partial charge is 0.228 e. The molecule has 2 aromatic carbocycles. The van der Waals surface area contributed by atoms with E-state index in [1.165, 1.54) is 5.56 Å². The first-order valence-electron chi connectivity index (χ1n) is 6.17. The second-order valence-corrected chi connectivity index (χ2v) is 4.40. The summed E-state index contributed by atoms with van der Waals surface area (Å²) in [6, 6.07) is 15.3. The molecule has 0 bridgehead atoms. The summed E-state index contributed by atoms with van der Waals surface area (Å²) in [5.74, 6) is 0.690. The van der Waals surface area contributed by atoms with Crippen molar-refractivity contribution in [3.05, 3.63) is 59.7 Å². The third-order valence-corrected chi connectivity index (χ3v) is 2.88. The molecular formula is C16H17NO2. The number of hydrogen-bond donors (Lipinski definition) is 1. The van der Waals surface area contributed by atoms with Crippen molar-refractivity contribution in [2.24, 2.45) is 0 Å². The number of benzene rings is 2. The molecule has 19 heavy (non-hydrogen) atoms. The van der Waals surface area contributed by atoms with Gasteiger partial charge in [-0.3, -0.25) is 4.79 Å². The number of aryl methyl sites for hydroxylation is 1. The average Bonchev–Trinajstić information content (AvgIpc) is 2.42. The van der Waals surface area contributed by atoms with Crippen molar-refractivity contribution in [1.29, 1.82) is 0 Å². The zero-order valence-electron chi connectivity index (χ0n) is 11.1. The highest BCUT2D eigenvalue weighted by molar-refractivity contribution is 5.92. The number of rotatable bonds is 4. The van der Waals surface area contributed by atoms with Crippen molar-refractivity contribution in [3.63, 3.8) is 0 Å². The van der Waals surface area contributed by atoms with E-state index >= 15 is 0 Å². The molecule has 0 aliphatic heterocycles. The van der Waals surface area contributed by atoms with Crippen molar-refractivity contribution in [2.75, 3.05) is 12.4 Å². The Kier molecular flexibility index (Phi) is 4.18. The number of nitrogens with one attached hydrogen (secondary N) is 1. The number of amides is 1. The summed E-state index contributed by atoms with van der Waals surface area (Å²) in [6.45, 7) is 2.01. The van der Waals surface area contributed by atoms with Gasteiger partial charge in [-0.05, 0) is 25.1 Å². The van der Waals surface area contributed by atoms with Gasteiger partial charge in [0.25, 0.3) is 0 Å².